The average molecular weight is 319 g/mol. The van der Waals surface area contributed by atoms with Crippen LogP contribution in [0.15, 0.2) is 0 Å². The van der Waals surface area contributed by atoms with Gasteiger partial charge in [-0.1, -0.05) is 0 Å². The molecule has 2 rings (SSSR count). The Morgan fingerprint density at radius 1 is 1.20 bits per heavy atom. The Balaban J connectivity index is 0.00000200. The third-order valence-corrected chi connectivity index (χ3v) is 4.05. The van der Waals surface area contributed by atoms with E-state index in [1.807, 2.05) is 0 Å². The Morgan fingerprint density at radius 2 is 1.80 bits per heavy atom. The molecule has 1 atom stereocenters. The quantitative estimate of drug-likeness (QED) is 0.810. The van der Waals surface area contributed by atoms with Crippen molar-refractivity contribution in [2.45, 2.75) is 44.1 Å². The molecule has 1 amide bonds. The molecule has 0 aliphatic carbocycles. The van der Waals surface area contributed by atoms with Gasteiger partial charge in [-0.2, -0.15) is 8.78 Å². The van der Waals surface area contributed by atoms with E-state index in [1.54, 1.807) is 0 Å². The number of hydrogen-bond acceptors (Lipinski definition) is 2. The van der Waals surface area contributed by atoms with Crippen LogP contribution in [0.1, 0.15) is 25.7 Å². The Hall–Kier alpha value is -0.560. The summed E-state index contributed by atoms with van der Waals surface area (Å²) >= 11 is 0. The lowest BCUT2D eigenvalue weighted by molar-refractivity contribution is -0.182. The van der Waals surface area contributed by atoms with Gasteiger partial charge in [-0.05, 0) is 38.1 Å². The van der Waals surface area contributed by atoms with Gasteiger partial charge in [0.05, 0.1) is 0 Å². The van der Waals surface area contributed by atoms with Crippen molar-refractivity contribution in [1.29, 1.82) is 0 Å². The lowest BCUT2D eigenvalue weighted by atomic mass is 9.88. The third-order valence-electron chi connectivity index (χ3n) is 4.05. The van der Waals surface area contributed by atoms with Gasteiger partial charge in [-0.3, -0.25) is 4.79 Å². The largest absolute Gasteiger partial charge is 0.383 e. The number of rotatable bonds is 3. The Morgan fingerprint density at radius 3 is 2.25 bits per heavy atom. The van der Waals surface area contributed by atoms with E-state index in [1.165, 1.54) is 0 Å². The molecular weight excluding hydrogens is 300 g/mol. The van der Waals surface area contributed by atoms with E-state index in [0.29, 0.717) is 24.8 Å². The number of carbonyl (C=O) groups is 1. The third kappa shape index (κ3) is 3.55. The highest BCUT2D eigenvalue weighted by atomic mass is 35.5. The number of amides is 1. The van der Waals surface area contributed by atoms with Crippen molar-refractivity contribution in [2.75, 3.05) is 19.6 Å². The topological polar surface area (TPSA) is 32.3 Å². The molecule has 2 saturated heterocycles. The van der Waals surface area contributed by atoms with Crippen LogP contribution < -0.4 is 5.32 Å². The zero-order valence-corrected chi connectivity index (χ0v) is 11.8. The molecule has 0 aromatic heterocycles. The first-order valence-electron chi connectivity index (χ1n) is 6.61. The van der Waals surface area contributed by atoms with Crippen LogP contribution in [-0.4, -0.2) is 48.8 Å². The molecule has 8 heteroatoms. The zero-order valence-electron chi connectivity index (χ0n) is 11.0. The molecule has 2 aliphatic heterocycles. The SMILES string of the molecule is Cl.O=C(N1CCC(C2CCCN2)CC1)C(F)(F)C(F)F. The molecule has 2 heterocycles. The van der Waals surface area contributed by atoms with Crippen LogP contribution in [0.25, 0.3) is 0 Å². The van der Waals surface area contributed by atoms with Gasteiger partial charge in [0.2, 0.25) is 0 Å². The predicted octanol–water partition coefficient (Wildman–Crippen LogP) is 2.30. The van der Waals surface area contributed by atoms with Crippen LogP contribution in [-0.2, 0) is 4.79 Å². The summed E-state index contributed by atoms with van der Waals surface area (Å²) in [5.74, 6) is -5.94. The minimum absolute atomic E-state index is 0. The van der Waals surface area contributed by atoms with Gasteiger partial charge >= 0.3 is 12.3 Å². The molecule has 2 fully saturated rings. The maximum absolute atomic E-state index is 13.0. The van der Waals surface area contributed by atoms with Crippen LogP contribution in [0.4, 0.5) is 17.6 Å². The lowest BCUT2D eigenvalue weighted by Crippen LogP contribution is -2.51. The van der Waals surface area contributed by atoms with Gasteiger partial charge in [0.1, 0.15) is 0 Å². The van der Waals surface area contributed by atoms with E-state index < -0.39 is 18.3 Å². The Kier molecular flexibility index (Phi) is 6.06. The normalized spacial score (nSPS) is 24.9. The van der Waals surface area contributed by atoms with Crippen molar-refractivity contribution in [3.63, 3.8) is 0 Å². The number of nitrogens with one attached hydrogen (secondary N) is 1. The van der Waals surface area contributed by atoms with E-state index in [-0.39, 0.29) is 25.5 Å². The fourth-order valence-corrected chi connectivity index (χ4v) is 2.92. The summed E-state index contributed by atoms with van der Waals surface area (Å²) in [5.41, 5.74) is 0. The van der Waals surface area contributed by atoms with Gasteiger partial charge in [0.15, 0.2) is 0 Å². The van der Waals surface area contributed by atoms with Gasteiger partial charge in [-0.25, -0.2) is 8.78 Å². The molecule has 0 bridgehead atoms. The molecule has 0 aromatic carbocycles. The first-order valence-corrected chi connectivity index (χ1v) is 6.61. The lowest BCUT2D eigenvalue weighted by Gasteiger charge is -2.36. The van der Waals surface area contributed by atoms with Crippen molar-refractivity contribution < 1.29 is 22.4 Å². The van der Waals surface area contributed by atoms with E-state index in [9.17, 15) is 22.4 Å². The van der Waals surface area contributed by atoms with Crippen LogP contribution in [0.2, 0.25) is 0 Å². The van der Waals surface area contributed by atoms with Crippen molar-refractivity contribution in [1.82, 2.24) is 10.2 Å². The Labute approximate surface area is 121 Å². The number of alkyl halides is 4. The minimum Gasteiger partial charge on any atom is -0.337 e. The maximum Gasteiger partial charge on any atom is 0.383 e. The standard InChI is InChI=1S/C12H18F4N2O.ClH/c13-10(14)12(15,16)11(19)18-6-3-8(4-7-18)9-2-1-5-17-9;/h8-10,17H,1-7H2;1H. The van der Waals surface area contributed by atoms with E-state index in [0.717, 1.165) is 24.3 Å². The molecular formula is C12H19ClF4N2O. The van der Waals surface area contributed by atoms with Gasteiger partial charge < -0.3 is 10.2 Å². The average Bonchev–Trinajstić information content (AvgIpc) is 2.91. The second-order valence-electron chi connectivity index (χ2n) is 5.26. The van der Waals surface area contributed by atoms with Crippen molar-refractivity contribution in [2.24, 2.45) is 5.92 Å². The molecule has 1 unspecified atom stereocenters. The predicted molar refractivity (Wildman–Crippen MR) is 68.5 cm³/mol. The summed E-state index contributed by atoms with van der Waals surface area (Å²) in [6.45, 7) is 1.25. The number of halogens is 5. The summed E-state index contributed by atoms with van der Waals surface area (Å²) in [7, 11) is 0. The molecule has 1 N–H and O–H groups in total. The number of piperidine rings is 1. The van der Waals surface area contributed by atoms with Crippen molar-refractivity contribution >= 4 is 18.3 Å². The summed E-state index contributed by atoms with van der Waals surface area (Å²) < 4.78 is 50.2. The van der Waals surface area contributed by atoms with E-state index in [2.05, 4.69) is 5.32 Å². The van der Waals surface area contributed by atoms with Crippen LogP contribution >= 0.6 is 12.4 Å². The summed E-state index contributed by atoms with van der Waals surface area (Å²) in [6.07, 6.45) is -0.570. The minimum atomic E-state index is -4.56. The molecule has 2 aliphatic rings. The molecule has 20 heavy (non-hydrogen) atoms. The van der Waals surface area contributed by atoms with Crippen molar-refractivity contribution in [3.05, 3.63) is 0 Å². The summed E-state index contributed by atoms with van der Waals surface area (Å²) in [4.78, 5) is 12.2. The molecule has 0 spiro atoms. The fraction of sp³-hybridized carbons (Fsp3) is 0.917. The van der Waals surface area contributed by atoms with Crippen LogP contribution in [0.3, 0.4) is 0 Å². The first-order chi connectivity index (χ1) is 8.93. The Bertz CT molecular complexity index is 329. The van der Waals surface area contributed by atoms with E-state index in [4.69, 9.17) is 0 Å². The smallest absolute Gasteiger partial charge is 0.337 e. The second kappa shape index (κ2) is 6.93. The summed E-state index contributed by atoms with van der Waals surface area (Å²) in [6, 6.07) is 0.382. The zero-order chi connectivity index (χ0) is 14.0. The molecule has 3 nitrogen and oxygen atoms in total. The fourth-order valence-electron chi connectivity index (χ4n) is 2.92. The highest BCUT2D eigenvalue weighted by Crippen LogP contribution is 2.30. The number of nitrogens with zero attached hydrogens (tertiary/aromatic N) is 1. The monoisotopic (exact) mass is 318 g/mol. The van der Waals surface area contributed by atoms with Crippen LogP contribution in [0, 0.1) is 5.92 Å². The van der Waals surface area contributed by atoms with Gasteiger partial charge in [0, 0.05) is 19.1 Å². The highest BCUT2D eigenvalue weighted by molar-refractivity contribution is 5.85. The first kappa shape index (κ1) is 17.5. The maximum atomic E-state index is 13.0. The number of likely N-dealkylation sites (tertiary alicyclic amines) is 1. The highest BCUT2D eigenvalue weighted by Gasteiger charge is 2.51. The van der Waals surface area contributed by atoms with E-state index >= 15 is 0 Å². The molecule has 0 saturated carbocycles. The molecule has 0 aromatic rings. The molecule has 0 radical (unpaired) electrons. The van der Waals surface area contributed by atoms with Crippen molar-refractivity contribution in [3.8, 4) is 0 Å². The van der Waals surface area contributed by atoms with Gasteiger partial charge in [-0.15, -0.1) is 12.4 Å². The second-order valence-corrected chi connectivity index (χ2v) is 5.26. The number of carbonyl (C=O) groups excluding carboxylic acids is 1. The molecule has 118 valence electrons. The van der Waals surface area contributed by atoms with Gasteiger partial charge in [0.25, 0.3) is 5.91 Å². The number of hydrogen-bond donors (Lipinski definition) is 1. The van der Waals surface area contributed by atoms with Crippen LogP contribution in [0.5, 0.6) is 0 Å². The summed E-state index contributed by atoms with van der Waals surface area (Å²) in [5, 5.41) is 3.35.